The fourth-order valence-electron chi connectivity index (χ4n) is 3.02. The number of benzene rings is 3. The molecule has 0 aliphatic carbocycles. The summed E-state index contributed by atoms with van der Waals surface area (Å²) in [6.45, 7) is 0. The van der Waals surface area contributed by atoms with E-state index in [0.29, 0.717) is 11.3 Å². The predicted octanol–water partition coefficient (Wildman–Crippen LogP) is 4.71. The summed E-state index contributed by atoms with van der Waals surface area (Å²) in [5.74, 6) is -1.50. The smallest absolute Gasteiger partial charge is 0.266 e. The van der Waals surface area contributed by atoms with E-state index in [1.165, 1.54) is 77.7 Å². The van der Waals surface area contributed by atoms with Crippen LogP contribution in [0.15, 0.2) is 83.5 Å². The maximum atomic E-state index is 14.4. The number of carbonyl (C=O) groups excluding carboxylic acids is 1. The van der Waals surface area contributed by atoms with E-state index in [1.54, 1.807) is 6.07 Å². The molecule has 0 atom stereocenters. The van der Waals surface area contributed by atoms with Gasteiger partial charge in [0, 0.05) is 12.1 Å². The number of hydrogen-bond acceptors (Lipinski definition) is 4. The molecule has 30 heavy (non-hydrogen) atoms. The fourth-order valence-corrected chi connectivity index (χ4v) is 3.02. The van der Waals surface area contributed by atoms with Crippen LogP contribution in [-0.4, -0.2) is 16.7 Å². The van der Waals surface area contributed by atoms with Gasteiger partial charge in [-0.05, 0) is 60.2 Å². The van der Waals surface area contributed by atoms with Gasteiger partial charge >= 0.3 is 0 Å². The highest BCUT2D eigenvalue weighted by atomic mass is 19.1. The van der Waals surface area contributed by atoms with Crippen molar-refractivity contribution in [2.45, 2.75) is 0 Å². The lowest BCUT2D eigenvalue weighted by Gasteiger charge is -2.18. The zero-order valence-electron chi connectivity index (χ0n) is 15.3. The second kappa shape index (κ2) is 7.67. The zero-order chi connectivity index (χ0) is 21.3. The Morgan fingerprint density at radius 3 is 2.23 bits per heavy atom. The third-order valence-electron chi connectivity index (χ3n) is 4.47. The minimum atomic E-state index is -0.562. The Bertz CT molecular complexity index is 1200. The molecule has 148 valence electrons. The van der Waals surface area contributed by atoms with E-state index in [-0.39, 0.29) is 22.8 Å². The van der Waals surface area contributed by atoms with E-state index in [2.05, 4.69) is 4.99 Å². The molecule has 3 aromatic rings. The number of nitro benzene ring substituents is 1. The van der Waals surface area contributed by atoms with Crippen LogP contribution in [0.4, 0.5) is 20.2 Å². The first-order valence-corrected chi connectivity index (χ1v) is 8.84. The summed E-state index contributed by atoms with van der Waals surface area (Å²) in [5.41, 5.74) is 0.893. The lowest BCUT2D eigenvalue weighted by atomic mass is 10.1. The molecule has 4 rings (SSSR count). The fraction of sp³-hybridized carbons (Fsp3) is 0. The van der Waals surface area contributed by atoms with Crippen molar-refractivity contribution in [1.82, 2.24) is 0 Å². The van der Waals surface area contributed by atoms with Crippen molar-refractivity contribution < 1.29 is 18.5 Å². The van der Waals surface area contributed by atoms with Gasteiger partial charge in [0.2, 0.25) is 0 Å². The summed E-state index contributed by atoms with van der Waals surface area (Å²) in [6, 6.07) is 16.7. The largest absolute Gasteiger partial charge is 0.282 e. The second-order valence-electron chi connectivity index (χ2n) is 6.41. The van der Waals surface area contributed by atoms with Gasteiger partial charge in [0.15, 0.2) is 5.84 Å². The van der Waals surface area contributed by atoms with Gasteiger partial charge in [-0.2, -0.15) is 0 Å². The van der Waals surface area contributed by atoms with Crippen molar-refractivity contribution in [3.63, 3.8) is 0 Å². The number of amidine groups is 1. The highest BCUT2D eigenvalue weighted by Crippen LogP contribution is 2.29. The maximum absolute atomic E-state index is 14.4. The van der Waals surface area contributed by atoms with Crippen molar-refractivity contribution in [2.75, 3.05) is 4.90 Å². The van der Waals surface area contributed by atoms with Crippen LogP contribution in [0.3, 0.4) is 0 Å². The first-order chi connectivity index (χ1) is 14.4. The van der Waals surface area contributed by atoms with Crippen molar-refractivity contribution >= 4 is 29.2 Å². The Morgan fingerprint density at radius 2 is 1.60 bits per heavy atom. The number of anilines is 1. The van der Waals surface area contributed by atoms with Gasteiger partial charge in [0.1, 0.15) is 17.3 Å². The van der Waals surface area contributed by atoms with E-state index in [1.807, 2.05) is 0 Å². The standard InChI is InChI=1S/C22H13F2N3O3/c23-15-7-11-16(12-8-15)26-21(18-3-1-2-4-19(18)24)25-20(22(26)28)13-14-5-9-17(10-6-14)27(29)30/h1-13H/b20-13+. The highest BCUT2D eigenvalue weighted by Gasteiger charge is 2.33. The van der Waals surface area contributed by atoms with Crippen LogP contribution in [-0.2, 0) is 4.79 Å². The van der Waals surface area contributed by atoms with Crippen LogP contribution in [0, 0.1) is 21.7 Å². The summed E-state index contributed by atoms with van der Waals surface area (Å²) in [4.78, 5) is 28.9. The maximum Gasteiger partial charge on any atom is 0.282 e. The molecule has 0 aromatic heterocycles. The molecule has 1 heterocycles. The highest BCUT2D eigenvalue weighted by molar-refractivity contribution is 6.33. The zero-order valence-corrected chi connectivity index (χ0v) is 15.3. The number of carbonyl (C=O) groups is 1. The molecule has 1 aliphatic heterocycles. The Morgan fingerprint density at radius 1 is 0.933 bits per heavy atom. The minimum Gasteiger partial charge on any atom is -0.266 e. The van der Waals surface area contributed by atoms with Crippen molar-refractivity contribution in [2.24, 2.45) is 4.99 Å². The van der Waals surface area contributed by atoms with Gasteiger partial charge in [-0.3, -0.25) is 19.8 Å². The molecule has 8 heteroatoms. The van der Waals surface area contributed by atoms with Crippen molar-refractivity contribution in [3.8, 4) is 0 Å². The summed E-state index contributed by atoms with van der Waals surface area (Å²) in [5, 5.41) is 10.8. The Balaban J connectivity index is 1.80. The summed E-state index contributed by atoms with van der Waals surface area (Å²) in [6.07, 6.45) is 1.45. The molecule has 0 bridgehead atoms. The summed E-state index contributed by atoms with van der Waals surface area (Å²) < 4.78 is 27.8. The molecule has 1 aliphatic rings. The number of nitro groups is 1. The molecule has 0 unspecified atom stereocenters. The van der Waals surface area contributed by atoms with E-state index in [4.69, 9.17) is 0 Å². The third kappa shape index (κ3) is 3.58. The van der Waals surface area contributed by atoms with Crippen LogP contribution in [0.1, 0.15) is 11.1 Å². The number of halogens is 2. The lowest BCUT2D eigenvalue weighted by Crippen LogP contribution is -2.33. The van der Waals surface area contributed by atoms with Gasteiger partial charge in [-0.15, -0.1) is 0 Å². The lowest BCUT2D eigenvalue weighted by molar-refractivity contribution is -0.384. The van der Waals surface area contributed by atoms with Crippen LogP contribution < -0.4 is 4.90 Å². The van der Waals surface area contributed by atoms with Gasteiger partial charge in [-0.1, -0.05) is 12.1 Å². The molecule has 3 aromatic carbocycles. The first kappa shape index (κ1) is 19.1. The van der Waals surface area contributed by atoms with E-state index < -0.39 is 22.5 Å². The van der Waals surface area contributed by atoms with Crippen LogP contribution in [0.5, 0.6) is 0 Å². The average molecular weight is 405 g/mol. The van der Waals surface area contributed by atoms with E-state index in [9.17, 15) is 23.7 Å². The minimum absolute atomic E-state index is 0.0198. The Labute approximate surface area is 169 Å². The second-order valence-corrected chi connectivity index (χ2v) is 6.41. The van der Waals surface area contributed by atoms with Crippen molar-refractivity contribution in [1.29, 1.82) is 0 Å². The number of nitrogens with zero attached hydrogens (tertiary/aromatic N) is 3. The van der Waals surface area contributed by atoms with Crippen LogP contribution in [0.25, 0.3) is 6.08 Å². The summed E-state index contributed by atoms with van der Waals surface area (Å²) >= 11 is 0. The quantitative estimate of drug-likeness (QED) is 0.358. The number of amides is 1. The molecular formula is C22H13F2N3O3. The van der Waals surface area contributed by atoms with Crippen LogP contribution in [0.2, 0.25) is 0 Å². The molecule has 0 saturated heterocycles. The molecular weight excluding hydrogens is 392 g/mol. The first-order valence-electron chi connectivity index (χ1n) is 8.84. The molecule has 0 saturated carbocycles. The molecule has 1 amide bonds. The van der Waals surface area contributed by atoms with Gasteiger partial charge in [0.25, 0.3) is 11.6 Å². The molecule has 0 N–H and O–H groups in total. The topological polar surface area (TPSA) is 75.8 Å². The number of hydrogen-bond donors (Lipinski definition) is 0. The molecule has 0 fully saturated rings. The van der Waals surface area contributed by atoms with Gasteiger partial charge in [0.05, 0.1) is 16.2 Å². The van der Waals surface area contributed by atoms with Gasteiger partial charge in [-0.25, -0.2) is 13.8 Å². The summed E-state index contributed by atoms with van der Waals surface area (Å²) in [7, 11) is 0. The normalized spacial score (nSPS) is 14.9. The van der Waals surface area contributed by atoms with E-state index in [0.717, 1.165) is 0 Å². The monoisotopic (exact) mass is 405 g/mol. The SMILES string of the molecule is O=C1/C(=C\c2ccc([N+](=O)[O-])cc2)N=C(c2ccccc2F)N1c1ccc(F)cc1. The predicted molar refractivity (Wildman–Crippen MR) is 108 cm³/mol. The Kier molecular flexibility index (Phi) is 4.89. The van der Waals surface area contributed by atoms with Crippen LogP contribution >= 0.6 is 0 Å². The average Bonchev–Trinajstić information content (AvgIpc) is 3.05. The number of rotatable bonds is 4. The third-order valence-corrected chi connectivity index (χ3v) is 4.47. The number of aliphatic imine (C=N–C) groups is 1. The van der Waals surface area contributed by atoms with Gasteiger partial charge < -0.3 is 0 Å². The Hall–Kier alpha value is -4.20. The molecule has 0 radical (unpaired) electrons. The van der Waals surface area contributed by atoms with E-state index >= 15 is 0 Å². The molecule has 0 spiro atoms. The number of non-ortho nitro benzene ring substituents is 1. The molecule has 6 nitrogen and oxygen atoms in total. The van der Waals surface area contributed by atoms with Crippen molar-refractivity contribution in [3.05, 3.63) is 111 Å².